The molecule has 0 saturated carbocycles. The van der Waals surface area contributed by atoms with Gasteiger partial charge in [0.1, 0.15) is 5.82 Å². The zero-order chi connectivity index (χ0) is 15.0. The lowest BCUT2D eigenvalue weighted by Crippen LogP contribution is -2.38. The van der Waals surface area contributed by atoms with Crippen LogP contribution in [0.4, 0.5) is 5.82 Å². The second-order valence-electron chi connectivity index (χ2n) is 4.64. The zero-order valence-electron chi connectivity index (χ0n) is 12.4. The molecule has 0 spiro atoms. The van der Waals surface area contributed by atoms with Crippen LogP contribution in [0.3, 0.4) is 0 Å². The van der Waals surface area contributed by atoms with Crippen LogP contribution in [-0.4, -0.2) is 30.6 Å². The van der Waals surface area contributed by atoms with Crippen molar-refractivity contribution < 1.29 is 9.53 Å². The van der Waals surface area contributed by atoms with Crippen LogP contribution in [0.2, 0.25) is 0 Å². The van der Waals surface area contributed by atoms with Crippen molar-refractivity contribution >= 4 is 11.7 Å². The lowest BCUT2D eigenvalue weighted by Gasteiger charge is -2.17. The predicted molar refractivity (Wildman–Crippen MR) is 79.5 cm³/mol. The highest BCUT2D eigenvalue weighted by molar-refractivity contribution is 5.95. The lowest BCUT2D eigenvalue weighted by atomic mass is 10.1. The highest BCUT2D eigenvalue weighted by Crippen LogP contribution is 2.11. The quantitative estimate of drug-likeness (QED) is 0.496. The van der Waals surface area contributed by atoms with Crippen LogP contribution in [0.25, 0.3) is 0 Å². The van der Waals surface area contributed by atoms with Crippen molar-refractivity contribution in [2.24, 2.45) is 5.84 Å². The van der Waals surface area contributed by atoms with E-state index in [4.69, 9.17) is 10.6 Å². The van der Waals surface area contributed by atoms with Crippen LogP contribution in [0.1, 0.15) is 42.7 Å². The number of hydrogen-bond donors (Lipinski definition) is 3. The molecule has 6 nitrogen and oxygen atoms in total. The summed E-state index contributed by atoms with van der Waals surface area (Å²) < 4.78 is 5.12. The number of carbonyl (C=O) groups is 1. The summed E-state index contributed by atoms with van der Waals surface area (Å²) in [6, 6.07) is 3.45. The molecule has 0 aliphatic rings. The molecule has 0 aliphatic carbocycles. The molecule has 0 fully saturated rings. The summed E-state index contributed by atoms with van der Waals surface area (Å²) in [4.78, 5) is 16.5. The molecule has 0 aromatic carbocycles. The van der Waals surface area contributed by atoms with E-state index >= 15 is 0 Å². The summed E-state index contributed by atoms with van der Waals surface area (Å²) in [6.07, 6.45) is 2.61. The van der Waals surface area contributed by atoms with Gasteiger partial charge in [0.15, 0.2) is 0 Å². The zero-order valence-corrected chi connectivity index (χ0v) is 12.4. The molecule has 1 aromatic rings. The van der Waals surface area contributed by atoms with Gasteiger partial charge in [0.25, 0.3) is 5.91 Å². The Labute approximate surface area is 120 Å². The van der Waals surface area contributed by atoms with Gasteiger partial charge in [0, 0.05) is 18.4 Å². The maximum absolute atomic E-state index is 12.3. The van der Waals surface area contributed by atoms with E-state index in [1.54, 1.807) is 19.2 Å². The van der Waals surface area contributed by atoms with Gasteiger partial charge in [-0.05, 0) is 25.0 Å². The number of aryl methyl sites for hydroxylation is 1. The Balaban J connectivity index is 2.84. The Morgan fingerprint density at radius 2 is 2.20 bits per heavy atom. The number of anilines is 1. The normalized spacial score (nSPS) is 12.0. The number of hydrazine groups is 1. The largest absolute Gasteiger partial charge is 0.383 e. The standard InChI is InChI=1S/C14H24N4O2/c1-4-6-12(9-20-3)17-14(19)10-7-11(5-2)16-13(8-10)18-15/h7-8,12H,4-6,9,15H2,1-3H3,(H,16,18)(H,17,19). The number of carbonyl (C=O) groups excluding carboxylic acids is 1. The molecule has 0 saturated heterocycles. The van der Waals surface area contributed by atoms with Gasteiger partial charge in [-0.15, -0.1) is 0 Å². The molecule has 1 aromatic heterocycles. The number of nitrogens with zero attached hydrogens (tertiary/aromatic N) is 1. The first-order chi connectivity index (χ1) is 9.64. The number of methoxy groups -OCH3 is 1. The van der Waals surface area contributed by atoms with Gasteiger partial charge < -0.3 is 15.5 Å². The van der Waals surface area contributed by atoms with Gasteiger partial charge in [-0.25, -0.2) is 10.8 Å². The third-order valence-corrected chi connectivity index (χ3v) is 2.99. The predicted octanol–water partition coefficient (Wildman–Crippen LogP) is 1.47. The molecular formula is C14H24N4O2. The topological polar surface area (TPSA) is 89.3 Å². The van der Waals surface area contributed by atoms with Crippen molar-refractivity contribution in [3.63, 3.8) is 0 Å². The maximum atomic E-state index is 12.3. The van der Waals surface area contributed by atoms with Gasteiger partial charge in [-0.3, -0.25) is 4.79 Å². The highest BCUT2D eigenvalue weighted by atomic mass is 16.5. The van der Waals surface area contributed by atoms with E-state index in [-0.39, 0.29) is 11.9 Å². The van der Waals surface area contributed by atoms with Crippen LogP contribution < -0.4 is 16.6 Å². The monoisotopic (exact) mass is 280 g/mol. The molecule has 4 N–H and O–H groups in total. The second-order valence-corrected chi connectivity index (χ2v) is 4.64. The molecule has 0 bridgehead atoms. The minimum atomic E-state index is -0.130. The van der Waals surface area contributed by atoms with E-state index in [1.807, 2.05) is 6.92 Å². The van der Waals surface area contributed by atoms with E-state index in [9.17, 15) is 4.79 Å². The first kappa shape index (κ1) is 16.4. The third-order valence-electron chi connectivity index (χ3n) is 2.99. The number of pyridine rings is 1. The average molecular weight is 280 g/mol. The Morgan fingerprint density at radius 1 is 1.45 bits per heavy atom. The highest BCUT2D eigenvalue weighted by Gasteiger charge is 2.14. The van der Waals surface area contributed by atoms with Gasteiger partial charge in [0.05, 0.1) is 12.6 Å². The van der Waals surface area contributed by atoms with Crippen molar-refractivity contribution in [2.45, 2.75) is 39.2 Å². The van der Waals surface area contributed by atoms with E-state index in [0.29, 0.717) is 18.0 Å². The number of nitrogens with one attached hydrogen (secondary N) is 2. The SMILES string of the molecule is CCCC(COC)NC(=O)c1cc(CC)nc(NN)c1. The first-order valence-corrected chi connectivity index (χ1v) is 6.91. The number of nitrogens with two attached hydrogens (primary N) is 1. The fraction of sp³-hybridized carbons (Fsp3) is 0.571. The Hall–Kier alpha value is -1.66. The van der Waals surface area contributed by atoms with Crippen LogP contribution >= 0.6 is 0 Å². The smallest absolute Gasteiger partial charge is 0.251 e. The van der Waals surface area contributed by atoms with E-state index in [0.717, 1.165) is 25.0 Å². The van der Waals surface area contributed by atoms with Crippen LogP contribution in [-0.2, 0) is 11.2 Å². The molecule has 1 amide bonds. The van der Waals surface area contributed by atoms with Gasteiger partial charge in [-0.1, -0.05) is 20.3 Å². The van der Waals surface area contributed by atoms with E-state index in [1.165, 1.54) is 0 Å². The molecule has 20 heavy (non-hydrogen) atoms. The number of ether oxygens (including phenoxy) is 1. The lowest BCUT2D eigenvalue weighted by molar-refractivity contribution is 0.0891. The van der Waals surface area contributed by atoms with Crippen molar-refractivity contribution in [1.82, 2.24) is 10.3 Å². The van der Waals surface area contributed by atoms with E-state index < -0.39 is 0 Å². The number of rotatable bonds is 8. The summed E-state index contributed by atoms with van der Waals surface area (Å²) in [5, 5.41) is 2.98. The van der Waals surface area contributed by atoms with Gasteiger partial charge >= 0.3 is 0 Å². The number of hydrogen-bond acceptors (Lipinski definition) is 5. The molecule has 1 atom stereocenters. The van der Waals surface area contributed by atoms with Crippen LogP contribution in [0, 0.1) is 0 Å². The molecular weight excluding hydrogens is 256 g/mol. The number of aromatic nitrogens is 1. The Bertz CT molecular complexity index is 409. The van der Waals surface area contributed by atoms with Gasteiger partial charge in [-0.2, -0.15) is 0 Å². The Morgan fingerprint density at radius 3 is 2.75 bits per heavy atom. The minimum absolute atomic E-state index is 0.0185. The maximum Gasteiger partial charge on any atom is 0.251 e. The summed E-state index contributed by atoms with van der Waals surface area (Å²) in [5.74, 6) is 5.74. The first-order valence-electron chi connectivity index (χ1n) is 6.91. The number of amides is 1. The molecule has 6 heteroatoms. The van der Waals surface area contributed by atoms with Gasteiger partial charge in [0.2, 0.25) is 0 Å². The third kappa shape index (κ3) is 4.79. The minimum Gasteiger partial charge on any atom is -0.383 e. The fourth-order valence-corrected chi connectivity index (χ4v) is 1.99. The molecule has 1 rings (SSSR count). The molecule has 0 radical (unpaired) electrons. The second kappa shape index (κ2) is 8.50. The molecule has 0 aliphatic heterocycles. The summed E-state index contributed by atoms with van der Waals surface area (Å²) in [5.41, 5.74) is 3.87. The van der Waals surface area contributed by atoms with E-state index in [2.05, 4.69) is 22.7 Å². The Kier molecular flexibility index (Phi) is 6.97. The molecule has 1 unspecified atom stereocenters. The summed E-state index contributed by atoms with van der Waals surface area (Å²) >= 11 is 0. The van der Waals surface area contributed by atoms with Crippen molar-refractivity contribution in [3.05, 3.63) is 23.4 Å². The van der Waals surface area contributed by atoms with Crippen LogP contribution in [0.15, 0.2) is 12.1 Å². The fourth-order valence-electron chi connectivity index (χ4n) is 1.99. The average Bonchev–Trinajstić information content (AvgIpc) is 2.47. The van der Waals surface area contributed by atoms with Crippen molar-refractivity contribution in [3.8, 4) is 0 Å². The molecule has 1 heterocycles. The van der Waals surface area contributed by atoms with Crippen molar-refractivity contribution in [1.29, 1.82) is 0 Å². The summed E-state index contributed by atoms with van der Waals surface area (Å²) in [7, 11) is 1.63. The summed E-state index contributed by atoms with van der Waals surface area (Å²) in [6.45, 7) is 4.56. The number of nitrogen functional groups attached to an aromatic ring is 1. The van der Waals surface area contributed by atoms with Crippen molar-refractivity contribution in [2.75, 3.05) is 19.1 Å². The molecule has 112 valence electrons. The van der Waals surface area contributed by atoms with Crippen LogP contribution in [0.5, 0.6) is 0 Å².